The number of rotatable bonds is 7. The number of aliphatic hydroxyl groups excluding tert-OH is 1. The van der Waals surface area contributed by atoms with Crippen molar-refractivity contribution in [2.45, 2.75) is 19.8 Å². The first-order valence-corrected chi connectivity index (χ1v) is 9.80. The quantitative estimate of drug-likeness (QED) is 0.511. The van der Waals surface area contributed by atoms with Gasteiger partial charge in [0.2, 0.25) is 0 Å². The number of aliphatic hydroxyl groups is 1. The number of nitrogens with zero attached hydrogens (tertiary/aromatic N) is 2. The Morgan fingerprint density at radius 3 is 2.72 bits per heavy atom. The first-order valence-electron chi connectivity index (χ1n) is 9.80. The molecule has 0 aliphatic carbocycles. The van der Waals surface area contributed by atoms with Crippen molar-refractivity contribution in [2.24, 2.45) is 0 Å². The molecule has 4 rings (SSSR count). The number of hydrogen-bond acceptors (Lipinski definition) is 5. The van der Waals surface area contributed by atoms with Crippen LogP contribution in [-0.4, -0.2) is 35.4 Å². The molecule has 148 valence electrons. The van der Waals surface area contributed by atoms with Gasteiger partial charge in [-0.1, -0.05) is 31.2 Å². The second-order valence-corrected chi connectivity index (χ2v) is 6.87. The predicted octanol–water partition coefficient (Wildman–Crippen LogP) is 4.32. The van der Waals surface area contributed by atoms with E-state index in [1.807, 2.05) is 36.5 Å². The Morgan fingerprint density at radius 1 is 1.03 bits per heavy atom. The van der Waals surface area contributed by atoms with E-state index in [9.17, 15) is 0 Å². The Balaban J connectivity index is 1.75. The highest BCUT2D eigenvalue weighted by Crippen LogP contribution is 2.29. The largest absolute Gasteiger partial charge is 0.497 e. The normalized spacial score (nSPS) is 11.1. The monoisotopic (exact) mass is 388 g/mol. The summed E-state index contributed by atoms with van der Waals surface area (Å²) in [6.07, 6.45) is 3.49. The van der Waals surface area contributed by atoms with Crippen LogP contribution in [0.5, 0.6) is 11.5 Å². The van der Waals surface area contributed by atoms with E-state index < -0.39 is 0 Å². The zero-order valence-electron chi connectivity index (χ0n) is 16.7. The van der Waals surface area contributed by atoms with E-state index >= 15 is 0 Å². The Morgan fingerprint density at radius 2 is 1.93 bits per heavy atom. The SMILES string of the molecule is CCc1ncc(Cc2ccc3cccc(OCCO)c3n2)c2ccc(OC)cc12. The average Bonchev–Trinajstić information content (AvgIpc) is 2.77. The molecule has 29 heavy (non-hydrogen) atoms. The number of hydrogen-bond donors (Lipinski definition) is 1. The van der Waals surface area contributed by atoms with E-state index in [4.69, 9.17) is 19.6 Å². The highest BCUT2D eigenvalue weighted by Gasteiger charge is 2.11. The molecule has 0 spiro atoms. The van der Waals surface area contributed by atoms with E-state index in [2.05, 4.69) is 30.1 Å². The van der Waals surface area contributed by atoms with Crippen molar-refractivity contribution >= 4 is 21.7 Å². The van der Waals surface area contributed by atoms with E-state index in [1.54, 1.807) is 7.11 Å². The number of ether oxygens (including phenoxy) is 2. The van der Waals surface area contributed by atoms with Gasteiger partial charge in [0.05, 0.1) is 13.7 Å². The summed E-state index contributed by atoms with van der Waals surface area (Å²) >= 11 is 0. The molecule has 0 saturated carbocycles. The van der Waals surface area contributed by atoms with Gasteiger partial charge in [0.25, 0.3) is 0 Å². The second-order valence-electron chi connectivity index (χ2n) is 6.87. The van der Waals surface area contributed by atoms with Gasteiger partial charge in [0.15, 0.2) is 0 Å². The van der Waals surface area contributed by atoms with Crippen LogP contribution in [-0.2, 0) is 12.8 Å². The van der Waals surface area contributed by atoms with Gasteiger partial charge in [-0.05, 0) is 41.6 Å². The van der Waals surface area contributed by atoms with Crippen LogP contribution in [0.4, 0.5) is 0 Å². The molecule has 0 aliphatic rings. The molecule has 0 fully saturated rings. The highest BCUT2D eigenvalue weighted by atomic mass is 16.5. The van der Waals surface area contributed by atoms with Crippen LogP contribution in [0.3, 0.4) is 0 Å². The molecule has 0 unspecified atom stereocenters. The Labute approximate surface area is 170 Å². The molecule has 0 aliphatic heterocycles. The van der Waals surface area contributed by atoms with E-state index in [0.717, 1.165) is 45.4 Å². The summed E-state index contributed by atoms with van der Waals surface area (Å²) in [6, 6.07) is 16.1. The molecule has 0 saturated heterocycles. The summed E-state index contributed by atoms with van der Waals surface area (Å²) in [6.45, 7) is 2.33. The summed E-state index contributed by atoms with van der Waals surface area (Å²) in [5, 5.41) is 12.4. The molecular formula is C24H24N2O3. The molecule has 0 bridgehead atoms. The van der Waals surface area contributed by atoms with Gasteiger partial charge in [-0.3, -0.25) is 4.98 Å². The fraction of sp³-hybridized carbons (Fsp3) is 0.250. The number of methoxy groups -OCH3 is 1. The number of pyridine rings is 2. The van der Waals surface area contributed by atoms with Crippen molar-refractivity contribution < 1.29 is 14.6 Å². The lowest BCUT2D eigenvalue weighted by Gasteiger charge is -2.12. The molecule has 1 N–H and O–H groups in total. The minimum Gasteiger partial charge on any atom is -0.497 e. The van der Waals surface area contributed by atoms with Crippen LogP contribution < -0.4 is 9.47 Å². The molecule has 0 radical (unpaired) electrons. The number of aryl methyl sites for hydroxylation is 1. The molecule has 4 aromatic rings. The molecule has 0 amide bonds. The fourth-order valence-corrected chi connectivity index (χ4v) is 3.61. The fourth-order valence-electron chi connectivity index (χ4n) is 3.61. The Bertz CT molecular complexity index is 1160. The van der Waals surface area contributed by atoms with Crippen LogP contribution in [0.2, 0.25) is 0 Å². The van der Waals surface area contributed by atoms with Crippen molar-refractivity contribution in [1.29, 1.82) is 0 Å². The molecule has 0 atom stereocenters. The maximum Gasteiger partial charge on any atom is 0.145 e. The summed E-state index contributed by atoms with van der Waals surface area (Å²) in [4.78, 5) is 9.53. The molecule has 5 nitrogen and oxygen atoms in total. The smallest absolute Gasteiger partial charge is 0.145 e. The van der Waals surface area contributed by atoms with Crippen LogP contribution in [0.25, 0.3) is 21.7 Å². The maximum absolute atomic E-state index is 9.07. The molecule has 2 heterocycles. The predicted molar refractivity (Wildman–Crippen MR) is 115 cm³/mol. The number of fused-ring (bicyclic) bond motifs is 2. The van der Waals surface area contributed by atoms with Crippen molar-refractivity contribution in [3.05, 3.63) is 71.7 Å². The minimum absolute atomic E-state index is 0.0268. The van der Waals surface area contributed by atoms with Crippen LogP contribution >= 0.6 is 0 Å². The molecule has 2 aromatic carbocycles. The van der Waals surface area contributed by atoms with Crippen LogP contribution in [0, 0.1) is 0 Å². The Kier molecular flexibility index (Phi) is 5.58. The van der Waals surface area contributed by atoms with Gasteiger partial charge in [-0.15, -0.1) is 0 Å². The van der Waals surface area contributed by atoms with E-state index in [0.29, 0.717) is 12.2 Å². The van der Waals surface area contributed by atoms with Crippen molar-refractivity contribution in [1.82, 2.24) is 9.97 Å². The molecule has 2 aromatic heterocycles. The van der Waals surface area contributed by atoms with Crippen molar-refractivity contribution in [2.75, 3.05) is 20.3 Å². The number of para-hydroxylation sites is 1. The third-order valence-corrected chi connectivity index (χ3v) is 5.06. The first kappa shape index (κ1) is 19.2. The molecular weight excluding hydrogens is 364 g/mol. The lowest BCUT2D eigenvalue weighted by Crippen LogP contribution is -2.03. The summed E-state index contributed by atoms with van der Waals surface area (Å²) in [5.41, 5.74) is 3.94. The number of benzene rings is 2. The van der Waals surface area contributed by atoms with Crippen molar-refractivity contribution in [3.8, 4) is 11.5 Å². The highest BCUT2D eigenvalue weighted by molar-refractivity contribution is 5.89. The average molecular weight is 388 g/mol. The summed E-state index contributed by atoms with van der Waals surface area (Å²) < 4.78 is 11.1. The van der Waals surface area contributed by atoms with E-state index in [-0.39, 0.29) is 13.2 Å². The van der Waals surface area contributed by atoms with Crippen molar-refractivity contribution in [3.63, 3.8) is 0 Å². The van der Waals surface area contributed by atoms with Crippen LogP contribution in [0.1, 0.15) is 23.9 Å². The van der Waals surface area contributed by atoms with Crippen LogP contribution in [0.15, 0.2) is 54.7 Å². The summed E-state index contributed by atoms with van der Waals surface area (Å²) in [7, 11) is 1.68. The minimum atomic E-state index is -0.0268. The molecule has 5 heteroatoms. The van der Waals surface area contributed by atoms with Gasteiger partial charge in [-0.2, -0.15) is 0 Å². The van der Waals surface area contributed by atoms with Gasteiger partial charge in [0.1, 0.15) is 23.6 Å². The second kappa shape index (κ2) is 8.45. The third-order valence-electron chi connectivity index (χ3n) is 5.06. The Hall–Kier alpha value is -3.18. The zero-order valence-corrected chi connectivity index (χ0v) is 16.7. The standard InChI is InChI=1S/C24H24N2O3/c1-3-22-21-14-19(28-2)9-10-20(21)17(15-25-22)13-18-8-7-16-5-4-6-23(24(16)26-18)29-12-11-27/h4-10,14-15,27H,3,11-13H2,1-2H3. The van der Waals surface area contributed by atoms with Gasteiger partial charge >= 0.3 is 0 Å². The van der Waals surface area contributed by atoms with Gasteiger partial charge in [0, 0.05) is 34.8 Å². The topological polar surface area (TPSA) is 64.5 Å². The first-order chi connectivity index (χ1) is 14.2. The van der Waals surface area contributed by atoms with Gasteiger partial charge < -0.3 is 14.6 Å². The maximum atomic E-state index is 9.07. The van der Waals surface area contributed by atoms with Gasteiger partial charge in [-0.25, -0.2) is 4.98 Å². The number of aromatic nitrogens is 2. The zero-order chi connectivity index (χ0) is 20.2. The van der Waals surface area contributed by atoms with E-state index in [1.165, 1.54) is 5.39 Å². The lowest BCUT2D eigenvalue weighted by atomic mass is 10.00. The summed E-state index contributed by atoms with van der Waals surface area (Å²) in [5.74, 6) is 1.52. The third kappa shape index (κ3) is 3.87. The lowest BCUT2D eigenvalue weighted by molar-refractivity contribution is 0.202.